The van der Waals surface area contributed by atoms with Crippen LogP contribution in [0.15, 0.2) is 188 Å². The van der Waals surface area contributed by atoms with Crippen LogP contribution in [0.1, 0.15) is 25.0 Å². The van der Waals surface area contributed by atoms with Gasteiger partial charge in [0.25, 0.3) is 0 Å². The zero-order valence-electron chi connectivity index (χ0n) is 28.3. The van der Waals surface area contributed by atoms with E-state index >= 15 is 0 Å². The fourth-order valence-electron chi connectivity index (χ4n) is 8.00. The molecule has 0 radical (unpaired) electrons. The lowest BCUT2D eigenvalue weighted by Gasteiger charge is -2.28. The van der Waals surface area contributed by atoms with Crippen LogP contribution in [0.3, 0.4) is 0 Å². The second-order valence-electron chi connectivity index (χ2n) is 13.8. The van der Waals surface area contributed by atoms with Crippen LogP contribution in [0.2, 0.25) is 0 Å². The first-order chi connectivity index (χ1) is 24.6. The molecule has 8 aromatic carbocycles. The Balaban J connectivity index is 1.23. The zero-order chi connectivity index (χ0) is 33.7. The van der Waals surface area contributed by atoms with Gasteiger partial charge in [-0.25, -0.2) is 0 Å². The highest BCUT2D eigenvalue weighted by atomic mass is 15.1. The molecule has 50 heavy (non-hydrogen) atoms. The highest BCUT2D eigenvalue weighted by Crippen LogP contribution is 2.55. The van der Waals surface area contributed by atoms with Crippen LogP contribution in [-0.2, 0) is 5.41 Å². The average Bonchev–Trinajstić information content (AvgIpc) is 3.43. The topological polar surface area (TPSA) is 3.24 Å². The van der Waals surface area contributed by atoms with Crippen LogP contribution in [0.5, 0.6) is 0 Å². The normalized spacial score (nSPS) is 12.8. The van der Waals surface area contributed by atoms with Gasteiger partial charge < -0.3 is 4.90 Å². The van der Waals surface area contributed by atoms with E-state index in [-0.39, 0.29) is 5.41 Å². The third-order valence-electron chi connectivity index (χ3n) is 10.4. The molecule has 238 valence electrons. The fraction of sp³-hybridized carbons (Fsp3) is 0.0612. The number of rotatable bonds is 6. The Bertz CT molecular complexity index is 2380. The van der Waals surface area contributed by atoms with E-state index in [9.17, 15) is 0 Å². The summed E-state index contributed by atoms with van der Waals surface area (Å²) in [4.78, 5) is 2.39. The van der Waals surface area contributed by atoms with Gasteiger partial charge in [0, 0.05) is 22.5 Å². The van der Waals surface area contributed by atoms with Gasteiger partial charge in [0.15, 0.2) is 0 Å². The van der Waals surface area contributed by atoms with Crippen molar-refractivity contribution in [3.63, 3.8) is 0 Å². The van der Waals surface area contributed by atoms with Crippen molar-refractivity contribution in [3.05, 3.63) is 199 Å². The predicted octanol–water partition coefficient (Wildman–Crippen LogP) is 13.6. The Morgan fingerprint density at radius 2 is 0.840 bits per heavy atom. The first-order valence-electron chi connectivity index (χ1n) is 17.4. The summed E-state index contributed by atoms with van der Waals surface area (Å²) in [6, 6.07) is 68.4. The SMILES string of the molecule is CC1(C)c2ccccc2-c2c(-c3ccccc3)cc3cc(N(c4ccc(-c5ccccc5)cc4)c4ccc(-c5ccccc5)cc4)ccc3c21. The van der Waals surface area contributed by atoms with Crippen LogP contribution >= 0.6 is 0 Å². The Labute approximate surface area is 294 Å². The van der Waals surface area contributed by atoms with Gasteiger partial charge in [-0.1, -0.05) is 159 Å². The molecule has 0 amide bonds. The molecule has 0 heterocycles. The maximum Gasteiger partial charge on any atom is 0.0468 e. The first kappa shape index (κ1) is 29.9. The van der Waals surface area contributed by atoms with Gasteiger partial charge in [-0.2, -0.15) is 0 Å². The quantitative estimate of drug-likeness (QED) is 0.175. The molecule has 1 nitrogen and oxygen atoms in total. The summed E-state index contributed by atoms with van der Waals surface area (Å²) in [6.45, 7) is 4.77. The highest BCUT2D eigenvalue weighted by Gasteiger charge is 2.38. The van der Waals surface area contributed by atoms with Gasteiger partial charge in [0.05, 0.1) is 0 Å². The van der Waals surface area contributed by atoms with Crippen molar-refractivity contribution in [1.29, 1.82) is 0 Å². The molecule has 8 aromatic rings. The predicted molar refractivity (Wildman–Crippen MR) is 213 cm³/mol. The molecule has 1 aliphatic rings. The molecule has 0 spiro atoms. The van der Waals surface area contributed by atoms with E-state index in [2.05, 4.69) is 207 Å². The number of nitrogens with zero attached hydrogens (tertiary/aromatic N) is 1. The van der Waals surface area contributed by atoms with Gasteiger partial charge in [0.1, 0.15) is 0 Å². The minimum atomic E-state index is -0.128. The Hall–Kier alpha value is -6.18. The second-order valence-corrected chi connectivity index (χ2v) is 13.8. The van der Waals surface area contributed by atoms with Crippen molar-refractivity contribution in [2.45, 2.75) is 19.3 Å². The number of hydrogen-bond acceptors (Lipinski definition) is 1. The monoisotopic (exact) mass is 639 g/mol. The summed E-state index contributed by atoms with van der Waals surface area (Å²) in [5.74, 6) is 0. The Morgan fingerprint density at radius 1 is 0.380 bits per heavy atom. The summed E-state index contributed by atoms with van der Waals surface area (Å²) in [7, 11) is 0. The lowest BCUT2D eigenvalue weighted by atomic mass is 9.79. The largest absolute Gasteiger partial charge is 0.310 e. The number of hydrogen-bond donors (Lipinski definition) is 0. The van der Waals surface area contributed by atoms with E-state index < -0.39 is 0 Å². The first-order valence-corrected chi connectivity index (χ1v) is 17.4. The third kappa shape index (κ3) is 5.02. The number of anilines is 3. The van der Waals surface area contributed by atoms with Crippen LogP contribution in [0.4, 0.5) is 17.1 Å². The molecule has 1 heteroatoms. The molecule has 0 aromatic heterocycles. The van der Waals surface area contributed by atoms with Crippen LogP contribution in [-0.4, -0.2) is 0 Å². The average molecular weight is 640 g/mol. The maximum absolute atomic E-state index is 2.42. The van der Waals surface area contributed by atoms with Crippen molar-refractivity contribution < 1.29 is 0 Å². The van der Waals surface area contributed by atoms with Crippen molar-refractivity contribution in [2.24, 2.45) is 0 Å². The number of fused-ring (bicyclic) bond motifs is 5. The molecule has 0 atom stereocenters. The minimum Gasteiger partial charge on any atom is -0.310 e. The van der Waals surface area contributed by atoms with Gasteiger partial charge in [-0.15, -0.1) is 0 Å². The van der Waals surface area contributed by atoms with Crippen LogP contribution in [0.25, 0.3) is 55.3 Å². The fourth-order valence-corrected chi connectivity index (χ4v) is 8.00. The van der Waals surface area contributed by atoms with Crippen molar-refractivity contribution in [2.75, 3.05) is 4.90 Å². The van der Waals surface area contributed by atoms with E-state index in [0.717, 1.165) is 17.1 Å². The third-order valence-corrected chi connectivity index (χ3v) is 10.4. The summed E-state index contributed by atoms with van der Waals surface area (Å²) in [5, 5.41) is 2.55. The molecule has 0 aliphatic heterocycles. The van der Waals surface area contributed by atoms with Crippen molar-refractivity contribution in [3.8, 4) is 44.5 Å². The molecule has 0 unspecified atom stereocenters. The minimum absolute atomic E-state index is 0.128. The van der Waals surface area contributed by atoms with E-state index in [1.165, 1.54) is 66.4 Å². The van der Waals surface area contributed by atoms with E-state index in [1.807, 2.05) is 0 Å². The number of benzene rings is 8. The molecular weight excluding hydrogens is 603 g/mol. The standard InChI is InChI=1S/C49H37N/c1-49(2)46-21-13-12-20-44(46)47-45(38-18-10-5-11-19-38)33-39-32-42(30-31-43(39)48(47)49)50(40-26-22-36(23-27-40)34-14-6-3-7-15-34)41-28-24-37(25-29-41)35-16-8-4-9-17-35/h3-33H,1-2H3. The molecule has 0 saturated heterocycles. The van der Waals surface area contributed by atoms with Crippen LogP contribution in [0, 0.1) is 0 Å². The van der Waals surface area contributed by atoms with E-state index in [1.54, 1.807) is 0 Å². The maximum atomic E-state index is 2.42. The summed E-state index contributed by atoms with van der Waals surface area (Å²) < 4.78 is 0. The lowest BCUT2D eigenvalue weighted by molar-refractivity contribution is 0.666. The van der Waals surface area contributed by atoms with E-state index in [0.29, 0.717) is 0 Å². The van der Waals surface area contributed by atoms with Gasteiger partial charge in [-0.05, 0) is 109 Å². The molecule has 0 saturated carbocycles. The zero-order valence-corrected chi connectivity index (χ0v) is 28.3. The summed E-state index contributed by atoms with van der Waals surface area (Å²) in [6.07, 6.45) is 0. The van der Waals surface area contributed by atoms with Crippen molar-refractivity contribution in [1.82, 2.24) is 0 Å². The van der Waals surface area contributed by atoms with Gasteiger partial charge in [-0.3, -0.25) is 0 Å². The van der Waals surface area contributed by atoms with E-state index in [4.69, 9.17) is 0 Å². The molecular formula is C49H37N. The lowest BCUT2D eigenvalue weighted by Crippen LogP contribution is -2.16. The summed E-state index contributed by atoms with van der Waals surface area (Å²) >= 11 is 0. The molecule has 0 N–H and O–H groups in total. The molecule has 1 aliphatic carbocycles. The van der Waals surface area contributed by atoms with Gasteiger partial charge >= 0.3 is 0 Å². The van der Waals surface area contributed by atoms with Crippen molar-refractivity contribution >= 4 is 27.8 Å². The second kappa shape index (κ2) is 12.1. The Morgan fingerprint density at radius 3 is 1.40 bits per heavy atom. The van der Waals surface area contributed by atoms with Crippen LogP contribution < -0.4 is 4.90 Å². The highest BCUT2D eigenvalue weighted by molar-refractivity contribution is 6.06. The molecule has 0 fully saturated rings. The van der Waals surface area contributed by atoms with Gasteiger partial charge in [0.2, 0.25) is 0 Å². The summed E-state index contributed by atoms with van der Waals surface area (Å²) in [5.41, 5.74) is 16.1. The molecule has 9 rings (SSSR count). The molecule has 0 bridgehead atoms. The Kier molecular flexibility index (Phi) is 7.21. The smallest absolute Gasteiger partial charge is 0.0468 e.